The van der Waals surface area contributed by atoms with Crippen molar-refractivity contribution in [3.63, 3.8) is 0 Å². The van der Waals surface area contributed by atoms with Gasteiger partial charge in [-0.2, -0.15) is 22.0 Å². The largest absolute Gasteiger partial charge is 0.507 e. The van der Waals surface area contributed by atoms with Crippen molar-refractivity contribution in [1.82, 2.24) is 24.1 Å². The van der Waals surface area contributed by atoms with Gasteiger partial charge in [-0.15, -0.1) is 0 Å². The predicted molar refractivity (Wildman–Crippen MR) is 214 cm³/mol. The number of rotatable bonds is 18. The highest BCUT2D eigenvalue weighted by Crippen LogP contribution is 2.42. The lowest BCUT2D eigenvalue weighted by Crippen LogP contribution is -2.11. The van der Waals surface area contributed by atoms with Crippen molar-refractivity contribution in [3.8, 4) is 17.0 Å². The lowest BCUT2D eigenvalue weighted by molar-refractivity contribution is 0.0589. The summed E-state index contributed by atoms with van der Waals surface area (Å²) in [5.74, 6) is 0.593. The quantitative estimate of drug-likeness (QED) is 0.0693. The van der Waals surface area contributed by atoms with E-state index in [1.807, 2.05) is 53.3 Å². The Morgan fingerprint density at radius 1 is 0.891 bits per heavy atom. The molecule has 14 heteroatoms. The number of carbonyl (C=O) groups is 1. The van der Waals surface area contributed by atoms with Gasteiger partial charge in [0.1, 0.15) is 17.3 Å². The van der Waals surface area contributed by atoms with E-state index in [0.717, 1.165) is 55.9 Å². The molecule has 0 saturated heterocycles. The van der Waals surface area contributed by atoms with Gasteiger partial charge in [-0.05, 0) is 78.6 Å². The summed E-state index contributed by atoms with van der Waals surface area (Å²) in [4.78, 5) is 13.1. The van der Waals surface area contributed by atoms with Gasteiger partial charge in [-0.1, -0.05) is 23.7 Å². The highest BCUT2D eigenvalue weighted by Gasteiger charge is 2.28. The Kier molecular flexibility index (Phi) is 13.2. The summed E-state index contributed by atoms with van der Waals surface area (Å²) in [7, 11) is 8.68. The third kappa shape index (κ3) is 8.71. The van der Waals surface area contributed by atoms with Gasteiger partial charge in [0, 0.05) is 80.4 Å². The third-order valence-corrected chi connectivity index (χ3v) is 11.2. The number of phenols is 1. The van der Waals surface area contributed by atoms with E-state index in [4.69, 9.17) is 36.0 Å². The van der Waals surface area contributed by atoms with Crippen LogP contribution in [-0.4, -0.2) is 81.0 Å². The Morgan fingerprint density at radius 2 is 1.69 bits per heavy atom. The first-order valence-electron chi connectivity index (χ1n) is 18.2. The van der Waals surface area contributed by atoms with Crippen molar-refractivity contribution >= 4 is 51.0 Å². The number of benzene rings is 3. The molecule has 0 amide bonds. The maximum atomic E-state index is 13.9. The van der Waals surface area contributed by atoms with Gasteiger partial charge < -0.3 is 29.0 Å². The van der Waals surface area contributed by atoms with Crippen LogP contribution in [0.25, 0.3) is 32.9 Å². The molecular formula is C41H47ClFN5O6S. The van der Waals surface area contributed by atoms with E-state index in [-0.39, 0.29) is 18.2 Å². The molecule has 11 nitrogen and oxygen atoms in total. The normalized spacial score (nSPS) is 11.7. The minimum absolute atomic E-state index is 0.00849. The smallest absolute Gasteiger partial charge is 0.354 e. The number of ether oxygens (including phenoxy) is 3. The zero-order valence-electron chi connectivity index (χ0n) is 31.8. The van der Waals surface area contributed by atoms with Gasteiger partial charge in [-0.3, -0.25) is 9.36 Å². The molecule has 0 aliphatic carbocycles. The van der Waals surface area contributed by atoms with Crippen LogP contribution in [0.2, 0.25) is 5.02 Å². The molecule has 55 heavy (non-hydrogen) atoms. The maximum absolute atomic E-state index is 13.9. The Hall–Kier alpha value is -4.40. The Morgan fingerprint density at radius 3 is 2.45 bits per heavy atom. The van der Waals surface area contributed by atoms with Crippen molar-refractivity contribution < 1.29 is 33.6 Å². The molecule has 0 bridgehead atoms. The van der Waals surface area contributed by atoms with Crippen molar-refractivity contribution in [2.45, 2.75) is 43.6 Å². The van der Waals surface area contributed by atoms with Crippen LogP contribution in [0.3, 0.4) is 0 Å². The summed E-state index contributed by atoms with van der Waals surface area (Å²) in [6.45, 7) is 1.43. The van der Waals surface area contributed by atoms with Gasteiger partial charge in [0.25, 0.3) is 0 Å². The van der Waals surface area contributed by atoms with Crippen LogP contribution in [-0.2, 0) is 72.5 Å². The fourth-order valence-electron chi connectivity index (χ4n) is 7.32. The molecule has 2 N–H and O–H groups in total. The Bertz CT molecular complexity index is 2320. The minimum atomic E-state index is -0.455. The Balaban J connectivity index is 1.28. The van der Waals surface area contributed by atoms with E-state index in [0.29, 0.717) is 84.9 Å². The van der Waals surface area contributed by atoms with E-state index >= 15 is 0 Å². The fraction of sp³-hybridized carbons (Fsp3) is 0.390. The van der Waals surface area contributed by atoms with Crippen LogP contribution >= 0.6 is 23.4 Å². The van der Waals surface area contributed by atoms with Crippen LogP contribution in [0.5, 0.6) is 5.75 Å². The third-order valence-electron chi connectivity index (χ3n) is 9.90. The molecule has 6 rings (SSSR count). The fourth-order valence-corrected chi connectivity index (χ4v) is 8.53. The molecule has 0 radical (unpaired) electrons. The predicted octanol–water partition coefficient (Wildman–Crippen LogP) is 7.10. The molecular weight excluding hydrogens is 745 g/mol. The van der Waals surface area contributed by atoms with Gasteiger partial charge in [0.15, 0.2) is 0 Å². The SMILES string of the molecule is COCCOCCc1nn(C)c(-c2c(Cl)ccc3c(CCCO)c(C(=O)OC)n(C)c23)c1CSCc1cc(CCc2cc(O)c3ccc(F)cc3c2)n(C)n1. The monoisotopic (exact) mass is 791 g/mol. The molecule has 0 spiro atoms. The van der Waals surface area contributed by atoms with Crippen LogP contribution in [0.15, 0.2) is 48.5 Å². The molecule has 0 fully saturated rings. The number of aliphatic hydroxyl groups excluding tert-OH is 1. The number of hydrogen-bond donors (Lipinski definition) is 2. The second kappa shape index (κ2) is 18.0. The molecule has 3 heterocycles. The number of phenolic OH excluding ortho intramolecular Hbond substituents is 1. The number of esters is 1. The number of aliphatic hydroxyl groups is 1. The number of aryl methyl sites for hydroxylation is 6. The summed E-state index contributed by atoms with van der Waals surface area (Å²) in [6, 6.07) is 13.9. The van der Waals surface area contributed by atoms with Crippen LogP contribution in [0.1, 0.15) is 50.7 Å². The molecule has 0 aliphatic heterocycles. The highest BCUT2D eigenvalue weighted by molar-refractivity contribution is 7.97. The summed E-state index contributed by atoms with van der Waals surface area (Å²) in [5.41, 5.74) is 8.43. The second-order valence-electron chi connectivity index (χ2n) is 13.5. The molecule has 292 valence electrons. The lowest BCUT2D eigenvalue weighted by Gasteiger charge is -2.13. The number of aromatic hydroxyl groups is 1. The first-order valence-corrected chi connectivity index (χ1v) is 19.7. The number of halogens is 2. The first-order chi connectivity index (χ1) is 26.6. The molecule has 6 aromatic rings. The number of fused-ring (bicyclic) bond motifs is 2. The standard InChI is InChI=1S/C41H47ClFN5O6S/c1-46-38-32(31(7-6-15-49)40(46)41(51)53-5)12-13-34(42)37(38)39-33(35(45-48(39)3)14-16-54-18-17-52-4)24-55-23-28-22-29(47(2)44-28)10-8-25-19-26-21-27(43)9-11-30(26)36(50)20-25/h9,11-13,19-22,49-50H,6-8,10,14-18,23-24H2,1-5H3. The van der Waals surface area contributed by atoms with Crippen LogP contribution in [0.4, 0.5) is 4.39 Å². The zero-order valence-corrected chi connectivity index (χ0v) is 33.4. The molecule has 0 aliphatic rings. The number of hydrogen-bond acceptors (Lipinski definition) is 9. The number of carbonyl (C=O) groups excluding carboxylic acids is 1. The molecule has 0 unspecified atom stereocenters. The lowest BCUT2D eigenvalue weighted by atomic mass is 10.00. The van der Waals surface area contributed by atoms with Crippen LogP contribution in [0, 0.1) is 5.82 Å². The molecule has 0 saturated carbocycles. The van der Waals surface area contributed by atoms with E-state index in [9.17, 15) is 19.4 Å². The number of aromatic nitrogens is 5. The van der Waals surface area contributed by atoms with E-state index in [2.05, 4.69) is 6.07 Å². The number of thioether (sulfide) groups is 1. The van der Waals surface area contributed by atoms with Crippen molar-refractivity contribution in [2.75, 3.05) is 40.6 Å². The molecule has 0 atom stereocenters. The van der Waals surface area contributed by atoms with Gasteiger partial charge >= 0.3 is 5.97 Å². The average molecular weight is 792 g/mol. The summed E-state index contributed by atoms with van der Waals surface area (Å²) in [5, 5.41) is 32.7. The van der Waals surface area contributed by atoms with Crippen molar-refractivity contribution in [1.29, 1.82) is 0 Å². The van der Waals surface area contributed by atoms with E-state index < -0.39 is 5.97 Å². The average Bonchev–Trinajstić information content (AvgIpc) is 3.78. The minimum Gasteiger partial charge on any atom is -0.507 e. The highest BCUT2D eigenvalue weighted by atomic mass is 35.5. The van der Waals surface area contributed by atoms with Gasteiger partial charge in [0.2, 0.25) is 0 Å². The molecule has 3 aromatic carbocycles. The first kappa shape index (κ1) is 40.3. The number of methoxy groups -OCH3 is 2. The Labute approximate surface area is 328 Å². The second-order valence-corrected chi connectivity index (χ2v) is 14.9. The molecule has 3 aromatic heterocycles. The number of nitrogens with zero attached hydrogens (tertiary/aromatic N) is 5. The summed E-state index contributed by atoms with van der Waals surface area (Å²) < 4.78 is 35.7. The van der Waals surface area contributed by atoms with Gasteiger partial charge in [0.05, 0.1) is 54.6 Å². The van der Waals surface area contributed by atoms with Crippen molar-refractivity contribution in [2.24, 2.45) is 21.1 Å². The topological polar surface area (TPSA) is 126 Å². The van der Waals surface area contributed by atoms with E-state index in [1.165, 1.54) is 19.2 Å². The summed E-state index contributed by atoms with van der Waals surface area (Å²) in [6.07, 6.45) is 2.92. The maximum Gasteiger partial charge on any atom is 0.354 e. The van der Waals surface area contributed by atoms with Crippen molar-refractivity contribution in [3.05, 3.63) is 98.8 Å². The van der Waals surface area contributed by atoms with E-state index in [1.54, 1.807) is 31.0 Å². The zero-order chi connectivity index (χ0) is 39.2. The van der Waals surface area contributed by atoms with Crippen LogP contribution < -0.4 is 0 Å². The summed E-state index contributed by atoms with van der Waals surface area (Å²) >= 11 is 8.79. The van der Waals surface area contributed by atoms with Gasteiger partial charge in [-0.25, -0.2) is 9.18 Å².